The van der Waals surface area contributed by atoms with E-state index in [0.717, 1.165) is 6.42 Å². The Labute approximate surface area is 147 Å². The van der Waals surface area contributed by atoms with E-state index < -0.39 is 11.7 Å². The number of alkyl carbamates (subject to hydrolysis) is 1. The molecule has 0 spiro atoms. The Morgan fingerprint density at radius 3 is 2.77 bits per heavy atom. The topological polar surface area (TPSA) is 78.3 Å². The van der Waals surface area contributed by atoms with Crippen LogP contribution in [0, 0.1) is 0 Å². The third kappa shape index (κ3) is 5.82. The second-order valence-corrected chi connectivity index (χ2v) is 6.26. The van der Waals surface area contributed by atoms with Crippen molar-refractivity contribution in [3.05, 3.63) is 18.7 Å². The van der Waals surface area contributed by atoms with Crippen molar-refractivity contribution in [2.24, 2.45) is 0 Å². The van der Waals surface area contributed by atoms with Crippen LogP contribution in [-0.2, 0) is 16.1 Å². The number of amides is 2. The molecule has 0 radical (unpaired) electrons. The average Bonchev–Trinajstić information content (AvgIpc) is 2.97. The van der Waals surface area contributed by atoms with Gasteiger partial charge in [-0.15, -0.1) is 0 Å². The van der Waals surface area contributed by atoms with Crippen molar-refractivity contribution in [2.75, 3.05) is 13.1 Å². The van der Waals surface area contributed by atoms with Crippen molar-refractivity contribution < 1.29 is 42.9 Å². The Balaban J connectivity index is 0.00000242. The molecule has 1 aliphatic rings. The molecular weight excluding hydrogens is 399 g/mol. The average molecular weight is 422 g/mol. The number of aromatic amines is 1. The summed E-state index contributed by atoms with van der Waals surface area (Å²) in [5.41, 5.74) is -0.511. The van der Waals surface area contributed by atoms with E-state index in [1.54, 1.807) is 22.0 Å². The summed E-state index contributed by atoms with van der Waals surface area (Å²) in [4.78, 5) is 28.5. The lowest BCUT2D eigenvalue weighted by atomic mass is 10.2. The van der Waals surface area contributed by atoms with Gasteiger partial charge in [0.1, 0.15) is 18.0 Å². The number of ether oxygens (including phenoxy) is 1. The lowest BCUT2D eigenvalue weighted by Crippen LogP contribution is -3.00. The van der Waals surface area contributed by atoms with Gasteiger partial charge in [0.05, 0.1) is 6.04 Å². The summed E-state index contributed by atoms with van der Waals surface area (Å²) in [6.45, 7) is 6.97. The molecule has 0 saturated carbocycles. The van der Waals surface area contributed by atoms with Crippen LogP contribution in [0.5, 0.6) is 0 Å². The zero-order valence-electron chi connectivity index (χ0n) is 13.1. The molecule has 0 aliphatic carbocycles. The van der Waals surface area contributed by atoms with Crippen molar-refractivity contribution in [2.45, 2.75) is 45.4 Å². The SMILES string of the molecule is CC(C)(C)OC(=O)NC1CCN(C(=O)C[n+]2cc[nH]c2)C1.[I-]. The molecule has 2 rings (SSSR count). The summed E-state index contributed by atoms with van der Waals surface area (Å²) in [5.74, 6) is 0.0492. The molecule has 2 N–H and O–H groups in total. The number of hydrogen-bond acceptors (Lipinski definition) is 3. The number of H-pyrrole nitrogens is 1. The molecule has 2 amide bonds. The summed E-state index contributed by atoms with van der Waals surface area (Å²) >= 11 is 0. The maximum atomic E-state index is 12.1. The molecule has 1 aliphatic heterocycles. The minimum absolute atomic E-state index is 0. The van der Waals surface area contributed by atoms with E-state index in [4.69, 9.17) is 4.74 Å². The number of likely N-dealkylation sites (tertiary alicyclic amines) is 1. The summed E-state index contributed by atoms with van der Waals surface area (Å²) < 4.78 is 7.01. The van der Waals surface area contributed by atoms with Gasteiger partial charge in [0.2, 0.25) is 6.33 Å². The fourth-order valence-corrected chi connectivity index (χ4v) is 2.25. The predicted octanol–water partition coefficient (Wildman–Crippen LogP) is -2.57. The Morgan fingerprint density at radius 1 is 1.45 bits per heavy atom. The first-order chi connectivity index (χ1) is 9.83. The Bertz CT molecular complexity index is 499. The van der Waals surface area contributed by atoms with Crippen LogP contribution in [0.25, 0.3) is 0 Å². The first-order valence-electron chi connectivity index (χ1n) is 7.12. The minimum atomic E-state index is -0.511. The number of carbonyl (C=O) groups is 2. The quantitative estimate of drug-likeness (QED) is 0.416. The van der Waals surface area contributed by atoms with Crippen molar-refractivity contribution in [1.29, 1.82) is 0 Å². The number of carbonyl (C=O) groups excluding carboxylic acids is 2. The molecule has 124 valence electrons. The van der Waals surface area contributed by atoms with Crippen LogP contribution in [0.15, 0.2) is 18.7 Å². The summed E-state index contributed by atoms with van der Waals surface area (Å²) in [5, 5.41) is 2.81. The van der Waals surface area contributed by atoms with E-state index in [2.05, 4.69) is 10.3 Å². The van der Waals surface area contributed by atoms with Gasteiger partial charge in [-0.3, -0.25) is 9.78 Å². The molecule has 1 aromatic rings. The molecule has 22 heavy (non-hydrogen) atoms. The number of rotatable bonds is 3. The predicted molar refractivity (Wildman–Crippen MR) is 75.3 cm³/mol. The Morgan fingerprint density at radius 2 is 2.18 bits per heavy atom. The Kier molecular flexibility index (Phi) is 6.64. The summed E-state index contributed by atoms with van der Waals surface area (Å²) in [7, 11) is 0. The molecular formula is C14H23IN4O3. The van der Waals surface area contributed by atoms with Crippen LogP contribution in [0.2, 0.25) is 0 Å². The second-order valence-electron chi connectivity index (χ2n) is 6.26. The van der Waals surface area contributed by atoms with Crippen LogP contribution in [0.4, 0.5) is 4.79 Å². The highest BCUT2D eigenvalue weighted by Gasteiger charge is 2.29. The lowest BCUT2D eigenvalue weighted by Gasteiger charge is -2.22. The van der Waals surface area contributed by atoms with Crippen molar-refractivity contribution >= 4 is 12.0 Å². The normalized spacial score (nSPS) is 17.8. The second kappa shape index (κ2) is 7.80. The third-order valence-electron chi connectivity index (χ3n) is 3.18. The molecule has 0 bridgehead atoms. The molecule has 1 unspecified atom stereocenters. The van der Waals surface area contributed by atoms with Crippen molar-refractivity contribution in [3.8, 4) is 0 Å². The van der Waals surface area contributed by atoms with Crippen LogP contribution in [-0.4, -0.2) is 46.6 Å². The highest BCUT2D eigenvalue weighted by molar-refractivity contribution is 5.75. The van der Waals surface area contributed by atoms with Gasteiger partial charge in [-0.1, -0.05) is 0 Å². The fraction of sp³-hybridized carbons (Fsp3) is 0.643. The molecule has 1 fully saturated rings. The van der Waals surface area contributed by atoms with E-state index in [9.17, 15) is 9.59 Å². The largest absolute Gasteiger partial charge is 1.00 e. The number of hydrogen-bond donors (Lipinski definition) is 2. The van der Waals surface area contributed by atoms with Crippen molar-refractivity contribution in [1.82, 2.24) is 15.2 Å². The maximum Gasteiger partial charge on any atom is 0.407 e. The van der Waals surface area contributed by atoms with E-state index in [0.29, 0.717) is 19.6 Å². The Hall–Kier alpha value is -1.32. The van der Waals surface area contributed by atoms with Gasteiger partial charge in [-0.2, -0.15) is 0 Å². The number of nitrogens with one attached hydrogen (secondary N) is 2. The zero-order chi connectivity index (χ0) is 15.5. The number of aromatic nitrogens is 2. The highest BCUT2D eigenvalue weighted by atomic mass is 127. The minimum Gasteiger partial charge on any atom is -1.00 e. The van der Waals surface area contributed by atoms with Crippen molar-refractivity contribution in [3.63, 3.8) is 0 Å². The molecule has 1 aromatic heterocycles. The molecule has 1 atom stereocenters. The van der Waals surface area contributed by atoms with E-state index in [1.165, 1.54) is 0 Å². The number of nitrogens with zero attached hydrogens (tertiary/aromatic N) is 2. The van der Waals surface area contributed by atoms with Gasteiger partial charge in [0, 0.05) is 13.1 Å². The van der Waals surface area contributed by atoms with E-state index in [1.807, 2.05) is 27.0 Å². The monoisotopic (exact) mass is 422 g/mol. The first-order valence-corrected chi connectivity index (χ1v) is 7.12. The van der Waals surface area contributed by atoms with Crippen LogP contribution >= 0.6 is 0 Å². The van der Waals surface area contributed by atoms with Gasteiger partial charge in [0.15, 0.2) is 6.54 Å². The van der Waals surface area contributed by atoms with Gasteiger partial charge in [-0.05, 0) is 27.2 Å². The fourth-order valence-electron chi connectivity index (χ4n) is 2.25. The molecule has 1 saturated heterocycles. The van der Waals surface area contributed by atoms with E-state index >= 15 is 0 Å². The van der Waals surface area contributed by atoms with Crippen LogP contribution in [0.3, 0.4) is 0 Å². The lowest BCUT2D eigenvalue weighted by molar-refractivity contribution is -0.683. The standard InChI is InChI=1S/C14H22N4O3.HI/c1-14(2,3)21-13(20)16-11-4-6-18(8-11)12(19)9-17-7-5-15-10-17;/h5,7,10-11H,4,6,8-9H2,1-3H3,(H,16,20);1H. The highest BCUT2D eigenvalue weighted by Crippen LogP contribution is 2.11. The maximum absolute atomic E-state index is 12.1. The van der Waals surface area contributed by atoms with Gasteiger partial charge in [0.25, 0.3) is 5.91 Å². The number of halogens is 1. The van der Waals surface area contributed by atoms with Gasteiger partial charge in [-0.25, -0.2) is 9.36 Å². The third-order valence-corrected chi connectivity index (χ3v) is 3.18. The zero-order valence-corrected chi connectivity index (χ0v) is 15.3. The molecule has 0 aromatic carbocycles. The summed E-state index contributed by atoms with van der Waals surface area (Å²) in [6, 6.07) is -0.0416. The first kappa shape index (κ1) is 18.7. The smallest absolute Gasteiger partial charge is 0.407 e. The van der Waals surface area contributed by atoms with Crippen LogP contribution < -0.4 is 33.9 Å². The van der Waals surface area contributed by atoms with Gasteiger partial charge >= 0.3 is 6.09 Å². The van der Waals surface area contributed by atoms with Gasteiger partial charge < -0.3 is 38.9 Å². The molecule has 8 heteroatoms. The van der Waals surface area contributed by atoms with E-state index in [-0.39, 0.29) is 35.9 Å². The number of imidazole rings is 1. The molecule has 2 heterocycles. The van der Waals surface area contributed by atoms with Crippen LogP contribution in [0.1, 0.15) is 27.2 Å². The summed E-state index contributed by atoms with van der Waals surface area (Å²) in [6.07, 6.45) is 5.64. The molecule has 7 nitrogen and oxygen atoms in total.